The molecule has 0 aliphatic carbocycles. The molecule has 0 spiro atoms. The fourth-order valence-electron chi connectivity index (χ4n) is 3.51. The van der Waals surface area contributed by atoms with Gasteiger partial charge in [-0.3, -0.25) is 4.90 Å². The molecule has 1 aliphatic heterocycles. The first kappa shape index (κ1) is 15.8. The normalized spacial score (nSPS) is 22.1. The minimum absolute atomic E-state index is 0.118. The molecule has 1 fully saturated rings. The molecule has 1 aromatic carbocycles. The second-order valence-electron chi connectivity index (χ2n) is 6.66. The van der Waals surface area contributed by atoms with E-state index >= 15 is 0 Å². The van der Waals surface area contributed by atoms with Crippen LogP contribution in [0.1, 0.15) is 45.6 Å². The van der Waals surface area contributed by atoms with E-state index in [0.29, 0.717) is 12.1 Å². The molecule has 20 heavy (non-hydrogen) atoms. The number of likely N-dealkylation sites (tertiary alicyclic amines) is 1. The number of aliphatic hydroxyl groups excluding tert-OH is 1. The van der Waals surface area contributed by atoms with Gasteiger partial charge in [0.15, 0.2) is 0 Å². The summed E-state index contributed by atoms with van der Waals surface area (Å²) in [6.07, 6.45) is 3.42. The van der Waals surface area contributed by atoms with Crippen molar-refractivity contribution in [3.8, 4) is 0 Å². The van der Waals surface area contributed by atoms with Gasteiger partial charge in [-0.25, -0.2) is 0 Å². The molecule has 2 rings (SSSR count). The van der Waals surface area contributed by atoms with Crippen LogP contribution in [0, 0.1) is 0 Å². The Balaban J connectivity index is 2.05. The molecule has 1 heterocycles. The quantitative estimate of drug-likeness (QED) is 0.892. The molecule has 1 aliphatic rings. The lowest BCUT2D eigenvalue weighted by atomic mass is 9.79. The first-order chi connectivity index (χ1) is 9.44. The molecule has 0 saturated carbocycles. The topological polar surface area (TPSA) is 23.5 Å². The standard InChI is InChI=1S/C17H26ClNO/c1-13(19-10-4-5-16(19)12-20)11-17(2,3)14-6-8-15(18)9-7-14/h6-9,13,16,20H,4-5,10-12H2,1-3H3/t13?,16-/m1/s1. The predicted molar refractivity (Wildman–Crippen MR) is 85.4 cm³/mol. The Hall–Kier alpha value is -0.570. The van der Waals surface area contributed by atoms with Gasteiger partial charge in [0.25, 0.3) is 0 Å². The Morgan fingerprint density at radius 3 is 2.60 bits per heavy atom. The van der Waals surface area contributed by atoms with E-state index in [-0.39, 0.29) is 12.0 Å². The van der Waals surface area contributed by atoms with E-state index in [1.807, 2.05) is 12.1 Å². The SMILES string of the molecule is CC(CC(C)(C)c1ccc(Cl)cc1)N1CCC[C@@H]1CO. The fraction of sp³-hybridized carbons (Fsp3) is 0.647. The minimum atomic E-state index is 0.118. The van der Waals surface area contributed by atoms with Crippen LogP contribution in [-0.2, 0) is 5.41 Å². The van der Waals surface area contributed by atoms with Crippen molar-refractivity contribution in [2.75, 3.05) is 13.2 Å². The van der Waals surface area contributed by atoms with Gasteiger partial charge in [0.05, 0.1) is 6.61 Å². The second kappa shape index (κ2) is 6.46. The van der Waals surface area contributed by atoms with E-state index in [0.717, 1.165) is 24.4 Å². The maximum absolute atomic E-state index is 9.47. The van der Waals surface area contributed by atoms with Crippen molar-refractivity contribution >= 4 is 11.6 Å². The molecule has 3 heteroatoms. The average Bonchev–Trinajstić information content (AvgIpc) is 2.87. The summed E-state index contributed by atoms with van der Waals surface area (Å²) in [5.74, 6) is 0. The number of hydrogen-bond donors (Lipinski definition) is 1. The highest BCUT2D eigenvalue weighted by Gasteiger charge is 2.32. The fourth-order valence-corrected chi connectivity index (χ4v) is 3.64. The largest absolute Gasteiger partial charge is 0.395 e. The Morgan fingerprint density at radius 1 is 1.35 bits per heavy atom. The maximum atomic E-state index is 9.47. The molecule has 0 amide bonds. The number of hydrogen-bond acceptors (Lipinski definition) is 2. The summed E-state index contributed by atoms with van der Waals surface area (Å²) >= 11 is 5.97. The van der Waals surface area contributed by atoms with Crippen molar-refractivity contribution < 1.29 is 5.11 Å². The van der Waals surface area contributed by atoms with E-state index in [1.165, 1.54) is 12.0 Å². The smallest absolute Gasteiger partial charge is 0.0586 e. The number of halogens is 1. The van der Waals surface area contributed by atoms with E-state index in [1.54, 1.807) is 0 Å². The molecule has 0 aromatic heterocycles. The third-order valence-corrected chi connectivity index (χ3v) is 4.88. The molecule has 2 atom stereocenters. The molecule has 0 bridgehead atoms. The van der Waals surface area contributed by atoms with Crippen molar-refractivity contribution in [1.82, 2.24) is 4.90 Å². The summed E-state index contributed by atoms with van der Waals surface area (Å²) in [6, 6.07) is 9.03. The number of nitrogens with zero attached hydrogens (tertiary/aromatic N) is 1. The zero-order chi connectivity index (χ0) is 14.8. The summed E-state index contributed by atoms with van der Waals surface area (Å²) < 4.78 is 0. The van der Waals surface area contributed by atoms with Gasteiger partial charge in [-0.1, -0.05) is 37.6 Å². The van der Waals surface area contributed by atoms with Crippen molar-refractivity contribution in [2.45, 2.75) is 57.5 Å². The molecule has 1 unspecified atom stereocenters. The third kappa shape index (κ3) is 3.55. The third-order valence-electron chi connectivity index (χ3n) is 4.63. The monoisotopic (exact) mass is 295 g/mol. The van der Waals surface area contributed by atoms with E-state index < -0.39 is 0 Å². The van der Waals surface area contributed by atoms with Crippen LogP contribution in [0.3, 0.4) is 0 Å². The number of benzene rings is 1. The van der Waals surface area contributed by atoms with Crippen LogP contribution in [0.4, 0.5) is 0 Å². The molecular weight excluding hydrogens is 270 g/mol. The van der Waals surface area contributed by atoms with Gasteiger partial charge >= 0.3 is 0 Å². The minimum Gasteiger partial charge on any atom is -0.395 e. The van der Waals surface area contributed by atoms with Gasteiger partial charge in [-0.15, -0.1) is 0 Å². The molecule has 1 aromatic rings. The number of rotatable bonds is 5. The zero-order valence-electron chi connectivity index (χ0n) is 12.8. The summed E-state index contributed by atoms with van der Waals surface area (Å²) in [4.78, 5) is 2.47. The van der Waals surface area contributed by atoms with Crippen LogP contribution in [0.15, 0.2) is 24.3 Å². The average molecular weight is 296 g/mol. The van der Waals surface area contributed by atoms with Crippen LogP contribution in [0.2, 0.25) is 5.02 Å². The highest BCUT2D eigenvalue weighted by molar-refractivity contribution is 6.30. The van der Waals surface area contributed by atoms with Crippen molar-refractivity contribution in [3.63, 3.8) is 0 Å². The van der Waals surface area contributed by atoms with E-state index in [9.17, 15) is 5.11 Å². The second-order valence-corrected chi connectivity index (χ2v) is 7.10. The lowest BCUT2D eigenvalue weighted by Crippen LogP contribution is -2.42. The van der Waals surface area contributed by atoms with Crippen molar-refractivity contribution in [2.24, 2.45) is 0 Å². The van der Waals surface area contributed by atoms with Crippen LogP contribution < -0.4 is 0 Å². The first-order valence-electron chi connectivity index (χ1n) is 7.56. The molecule has 1 N–H and O–H groups in total. The van der Waals surface area contributed by atoms with Gasteiger partial charge in [-0.2, -0.15) is 0 Å². The predicted octanol–water partition coefficient (Wildman–Crippen LogP) is 3.85. The Morgan fingerprint density at radius 2 is 2.00 bits per heavy atom. The summed E-state index contributed by atoms with van der Waals surface area (Å²) in [5, 5.41) is 10.3. The van der Waals surface area contributed by atoms with Crippen molar-refractivity contribution in [1.29, 1.82) is 0 Å². The van der Waals surface area contributed by atoms with Gasteiger partial charge in [-0.05, 0) is 55.8 Å². The Labute approximate surface area is 127 Å². The highest BCUT2D eigenvalue weighted by atomic mass is 35.5. The summed E-state index contributed by atoms with van der Waals surface area (Å²) in [6.45, 7) is 8.26. The molecule has 2 nitrogen and oxygen atoms in total. The highest BCUT2D eigenvalue weighted by Crippen LogP contribution is 2.32. The molecule has 0 radical (unpaired) electrons. The molecular formula is C17H26ClNO. The zero-order valence-corrected chi connectivity index (χ0v) is 13.5. The van der Waals surface area contributed by atoms with Crippen LogP contribution in [0.5, 0.6) is 0 Å². The Kier molecular flexibility index (Phi) is 5.11. The maximum Gasteiger partial charge on any atom is 0.0586 e. The van der Waals surface area contributed by atoms with Gasteiger partial charge in [0, 0.05) is 17.1 Å². The summed E-state index contributed by atoms with van der Waals surface area (Å²) in [5.41, 5.74) is 1.44. The first-order valence-corrected chi connectivity index (χ1v) is 7.94. The lowest BCUT2D eigenvalue weighted by molar-refractivity contribution is 0.111. The van der Waals surface area contributed by atoms with Crippen LogP contribution in [-0.4, -0.2) is 35.2 Å². The molecule has 112 valence electrons. The van der Waals surface area contributed by atoms with Gasteiger partial charge < -0.3 is 5.11 Å². The summed E-state index contributed by atoms with van der Waals surface area (Å²) in [7, 11) is 0. The van der Waals surface area contributed by atoms with Crippen LogP contribution >= 0.6 is 11.6 Å². The van der Waals surface area contributed by atoms with E-state index in [2.05, 4.69) is 37.8 Å². The molecule has 1 saturated heterocycles. The van der Waals surface area contributed by atoms with E-state index in [4.69, 9.17) is 11.6 Å². The van der Waals surface area contributed by atoms with Gasteiger partial charge in [0.1, 0.15) is 0 Å². The Bertz CT molecular complexity index is 429. The number of aliphatic hydroxyl groups is 1. The lowest BCUT2D eigenvalue weighted by Gasteiger charge is -2.36. The van der Waals surface area contributed by atoms with Gasteiger partial charge in [0.2, 0.25) is 0 Å². The van der Waals surface area contributed by atoms with Crippen molar-refractivity contribution in [3.05, 3.63) is 34.9 Å². The van der Waals surface area contributed by atoms with Crippen LogP contribution in [0.25, 0.3) is 0 Å².